The molecule has 1 aromatic heterocycles. The van der Waals surface area contributed by atoms with Crippen LogP contribution in [0.25, 0.3) is 10.9 Å². The Morgan fingerprint density at radius 3 is 2.68 bits per heavy atom. The molecule has 0 radical (unpaired) electrons. The number of amides is 1. The van der Waals surface area contributed by atoms with E-state index in [9.17, 15) is 31.2 Å². The number of sulfonamides is 1. The monoisotopic (exact) mass is 495 g/mol. The molecule has 34 heavy (non-hydrogen) atoms. The maximum atomic E-state index is 12.9. The third kappa shape index (κ3) is 5.07. The summed E-state index contributed by atoms with van der Waals surface area (Å²) in [6.45, 7) is 0.856. The highest BCUT2D eigenvalue weighted by Gasteiger charge is 2.31. The van der Waals surface area contributed by atoms with E-state index in [2.05, 4.69) is 15.0 Å². The average Bonchev–Trinajstić information content (AvgIpc) is 3.31. The summed E-state index contributed by atoms with van der Waals surface area (Å²) >= 11 is 0. The first-order valence-electron chi connectivity index (χ1n) is 10.3. The molecular formula is C22H20F3N3O5S. The molecule has 3 N–H and O–H groups in total. The van der Waals surface area contributed by atoms with Crippen molar-refractivity contribution in [1.29, 1.82) is 0 Å². The molecule has 0 spiro atoms. The predicted molar refractivity (Wildman–Crippen MR) is 118 cm³/mol. The summed E-state index contributed by atoms with van der Waals surface area (Å²) < 4.78 is 71.9. The highest BCUT2D eigenvalue weighted by molar-refractivity contribution is 7.92. The van der Waals surface area contributed by atoms with Crippen molar-refractivity contribution >= 4 is 32.5 Å². The number of halogens is 3. The molecule has 4 rings (SSSR count). The molecular weight excluding hydrogens is 475 g/mol. The van der Waals surface area contributed by atoms with Crippen LogP contribution in [-0.2, 0) is 20.9 Å². The zero-order chi connectivity index (χ0) is 24.5. The van der Waals surface area contributed by atoms with Gasteiger partial charge in [-0.3, -0.25) is 14.3 Å². The summed E-state index contributed by atoms with van der Waals surface area (Å²) in [5, 5.41) is 2.58. The summed E-state index contributed by atoms with van der Waals surface area (Å²) in [5.41, 5.74) is -1.90. The van der Waals surface area contributed by atoms with Gasteiger partial charge in [0.05, 0.1) is 16.6 Å². The molecule has 0 unspecified atom stereocenters. The van der Waals surface area contributed by atoms with Crippen LogP contribution in [0.5, 0.6) is 0 Å². The van der Waals surface area contributed by atoms with Crippen molar-refractivity contribution in [2.45, 2.75) is 30.0 Å². The lowest BCUT2D eigenvalue weighted by Crippen LogP contribution is -2.34. The van der Waals surface area contributed by atoms with Crippen LogP contribution in [0.2, 0.25) is 0 Å². The number of aromatic nitrogens is 1. The summed E-state index contributed by atoms with van der Waals surface area (Å²) in [6.07, 6.45) is -1.83. The minimum absolute atomic E-state index is 0.0586. The maximum absolute atomic E-state index is 12.9. The van der Waals surface area contributed by atoms with Crippen molar-refractivity contribution in [3.63, 3.8) is 0 Å². The molecule has 1 aliphatic rings. The van der Waals surface area contributed by atoms with E-state index in [1.165, 1.54) is 24.4 Å². The molecule has 8 nitrogen and oxygen atoms in total. The molecule has 1 saturated heterocycles. The lowest BCUT2D eigenvalue weighted by Gasteiger charge is -2.12. The first-order valence-corrected chi connectivity index (χ1v) is 11.8. The number of alkyl halides is 3. The maximum Gasteiger partial charge on any atom is 0.416 e. The van der Waals surface area contributed by atoms with Gasteiger partial charge in [0.25, 0.3) is 15.9 Å². The number of ether oxygens (including phenoxy) is 1. The number of pyridine rings is 1. The molecule has 12 heteroatoms. The quantitative estimate of drug-likeness (QED) is 0.485. The third-order valence-electron chi connectivity index (χ3n) is 5.36. The van der Waals surface area contributed by atoms with Gasteiger partial charge in [0.15, 0.2) is 0 Å². The normalized spacial score (nSPS) is 16.5. The third-order valence-corrected chi connectivity index (χ3v) is 6.74. The molecule has 2 aromatic carbocycles. The molecule has 1 aliphatic heterocycles. The van der Waals surface area contributed by atoms with Crippen molar-refractivity contribution < 1.29 is 31.1 Å². The van der Waals surface area contributed by atoms with Gasteiger partial charge in [0.2, 0.25) is 5.43 Å². The van der Waals surface area contributed by atoms with Crippen LogP contribution in [-0.4, -0.2) is 38.6 Å². The van der Waals surface area contributed by atoms with Gasteiger partial charge in [-0.2, -0.15) is 13.2 Å². The molecule has 0 aliphatic carbocycles. The molecule has 1 amide bonds. The van der Waals surface area contributed by atoms with Crippen LogP contribution in [0, 0.1) is 0 Å². The van der Waals surface area contributed by atoms with E-state index in [0.29, 0.717) is 18.2 Å². The molecule has 1 atom stereocenters. The fraction of sp³-hybridized carbons (Fsp3) is 0.273. The largest absolute Gasteiger partial charge is 0.416 e. The number of hydrogen-bond acceptors (Lipinski definition) is 5. The van der Waals surface area contributed by atoms with Crippen LogP contribution in [0.15, 0.2) is 58.4 Å². The van der Waals surface area contributed by atoms with Crippen LogP contribution >= 0.6 is 0 Å². The summed E-state index contributed by atoms with van der Waals surface area (Å²) in [4.78, 5) is 27.8. The number of H-pyrrole nitrogens is 1. The van der Waals surface area contributed by atoms with Gasteiger partial charge in [0.1, 0.15) is 5.56 Å². The van der Waals surface area contributed by atoms with Gasteiger partial charge < -0.3 is 15.0 Å². The number of aromatic amines is 1. The van der Waals surface area contributed by atoms with Crippen LogP contribution in [0.1, 0.15) is 28.8 Å². The van der Waals surface area contributed by atoms with Crippen molar-refractivity contribution in [1.82, 2.24) is 10.3 Å². The summed E-state index contributed by atoms with van der Waals surface area (Å²) in [5.74, 6) is -0.631. The number of nitrogens with one attached hydrogen (secondary N) is 3. The van der Waals surface area contributed by atoms with Crippen molar-refractivity contribution in [2.24, 2.45) is 0 Å². The van der Waals surface area contributed by atoms with Gasteiger partial charge >= 0.3 is 6.18 Å². The van der Waals surface area contributed by atoms with E-state index in [0.717, 1.165) is 31.0 Å². The van der Waals surface area contributed by atoms with E-state index < -0.39 is 33.1 Å². The highest BCUT2D eigenvalue weighted by atomic mass is 32.2. The van der Waals surface area contributed by atoms with Crippen molar-refractivity contribution in [3.05, 3.63) is 70.0 Å². The Bertz CT molecular complexity index is 1400. The van der Waals surface area contributed by atoms with Crippen LogP contribution < -0.4 is 15.5 Å². The lowest BCUT2D eigenvalue weighted by molar-refractivity contribution is -0.137. The molecule has 3 aromatic rings. The Morgan fingerprint density at radius 2 is 1.97 bits per heavy atom. The first kappa shape index (κ1) is 23.8. The Labute approximate surface area is 192 Å². The molecule has 1 fully saturated rings. The predicted octanol–water partition coefficient (Wildman–Crippen LogP) is 3.26. The second-order valence-electron chi connectivity index (χ2n) is 7.77. The number of carbonyl (C=O) groups is 1. The Balaban J connectivity index is 1.61. The number of fused-ring (bicyclic) bond motifs is 1. The lowest BCUT2D eigenvalue weighted by atomic mass is 10.1. The van der Waals surface area contributed by atoms with Crippen molar-refractivity contribution in [3.8, 4) is 0 Å². The standard InChI is InChI=1S/C22H20F3N3O5S/c23-22(24,25)13-3-1-4-14(9-13)28-34(31,32)16-6-7-19-17(10-16)20(29)18(12-26-19)21(30)27-11-15-5-2-8-33-15/h1,3-4,6-7,9-10,12,15,28H,2,5,8,11H2,(H,26,29)(H,27,30)/t15-/m0/s1. The highest BCUT2D eigenvalue weighted by Crippen LogP contribution is 2.31. The molecule has 2 heterocycles. The van der Waals surface area contributed by atoms with Gasteiger partial charge in [-0.1, -0.05) is 6.07 Å². The molecule has 180 valence electrons. The number of rotatable bonds is 6. The minimum atomic E-state index is -4.64. The SMILES string of the molecule is O=C(NC[C@@H]1CCCO1)c1c[nH]c2ccc(S(=O)(=O)Nc3cccc(C(F)(F)F)c3)cc2c1=O. The fourth-order valence-corrected chi connectivity index (χ4v) is 4.69. The first-order chi connectivity index (χ1) is 16.0. The van der Waals surface area contributed by atoms with E-state index in [-0.39, 0.29) is 34.2 Å². The zero-order valence-corrected chi connectivity index (χ0v) is 18.4. The number of hydrogen-bond donors (Lipinski definition) is 3. The van der Waals surface area contributed by atoms with Gasteiger partial charge in [-0.25, -0.2) is 8.42 Å². The van der Waals surface area contributed by atoms with E-state index >= 15 is 0 Å². The zero-order valence-electron chi connectivity index (χ0n) is 17.6. The van der Waals surface area contributed by atoms with Crippen LogP contribution in [0.3, 0.4) is 0 Å². The molecule has 0 bridgehead atoms. The number of benzene rings is 2. The Hall–Kier alpha value is -3.38. The fourth-order valence-electron chi connectivity index (χ4n) is 3.61. The molecule has 0 saturated carbocycles. The van der Waals surface area contributed by atoms with E-state index in [1.807, 2.05) is 0 Å². The Morgan fingerprint density at radius 1 is 1.18 bits per heavy atom. The second-order valence-corrected chi connectivity index (χ2v) is 9.45. The van der Waals surface area contributed by atoms with E-state index in [4.69, 9.17) is 4.74 Å². The second kappa shape index (κ2) is 9.11. The van der Waals surface area contributed by atoms with Crippen LogP contribution in [0.4, 0.5) is 18.9 Å². The summed E-state index contributed by atoms with van der Waals surface area (Å²) in [6, 6.07) is 7.35. The van der Waals surface area contributed by atoms with Gasteiger partial charge in [-0.15, -0.1) is 0 Å². The van der Waals surface area contributed by atoms with Gasteiger partial charge in [-0.05, 0) is 49.2 Å². The topological polar surface area (TPSA) is 117 Å². The number of anilines is 1. The minimum Gasteiger partial charge on any atom is -0.376 e. The Kier molecular flexibility index (Phi) is 6.36. The van der Waals surface area contributed by atoms with E-state index in [1.54, 1.807) is 0 Å². The van der Waals surface area contributed by atoms with Gasteiger partial charge in [0, 0.05) is 35.9 Å². The average molecular weight is 495 g/mol. The van der Waals surface area contributed by atoms with Crippen molar-refractivity contribution in [2.75, 3.05) is 17.9 Å². The summed E-state index contributed by atoms with van der Waals surface area (Å²) in [7, 11) is -4.33. The number of carbonyl (C=O) groups excluding carboxylic acids is 1. The smallest absolute Gasteiger partial charge is 0.376 e.